The van der Waals surface area contributed by atoms with Crippen LogP contribution in [0.15, 0.2) is 72.8 Å². The summed E-state index contributed by atoms with van der Waals surface area (Å²) in [5.74, 6) is 0.711. The van der Waals surface area contributed by atoms with Crippen molar-refractivity contribution in [1.29, 1.82) is 0 Å². The number of nitrogens with zero attached hydrogens (tertiary/aromatic N) is 2. The fraction of sp³-hybridized carbons (Fsp3) is 0.167. The van der Waals surface area contributed by atoms with Gasteiger partial charge in [0, 0.05) is 17.8 Å². The predicted molar refractivity (Wildman–Crippen MR) is 122 cm³/mol. The molecule has 1 aromatic heterocycles. The normalized spacial score (nSPS) is 12.1. The van der Waals surface area contributed by atoms with E-state index < -0.39 is 6.04 Å². The molecule has 0 saturated heterocycles. The third kappa shape index (κ3) is 4.22. The van der Waals surface area contributed by atoms with Gasteiger partial charge >= 0.3 is 0 Å². The van der Waals surface area contributed by atoms with Crippen LogP contribution in [0.4, 0.5) is 5.69 Å². The molecular formula is C24H23ClN4O. The Kier molecular flexibility index (Phi) is 5.84. The lowest BCUT2D eigenvalue weighted by molar-refractivity contribution is -0.118. The summed E-state index contributed by atoms with van der Waals surface area (Å²) in [7, 11) is 1.98. The molecule has 5 nitrogen and oxygen atoms in total. The highest BCUT2D eigenvalue weighted by Crippen LogP contribution is 2.22. The molecule has 0 spiro atoms. The third-order valence-corrected chi connectivity index (χ3v) is 5.59. The maximum atomic E-state index is 13.1. The number of rotatable bonds is 6. The highest BCUT2D eigenvalue weighted by molar-refractivity contribution is 6.31. The standard InChI is InChI=1S/C24H23ClN4O/c1-16-12-13-18(14-19(16)25)27-24(30)23(17-8-4-3-5-9-17)26-15-22-28-20-10-6-7-11-21(20)29(22)2/h3-14,23,26H,15H2,1-2H3,(H,27,30)/t23-/m1/s1. The number of aryl methyl sites for hydroxylation is 2. The quantitative estimate of drug-likeness (QED) is 0.463. The molecule has 3 aromatic carbocycles. The van der Waals surface area contributed by atoms with Crippen LogP contribution in [0.25, 0.3) is 11.0 Å². The molecule has 1 heterocycles. The monoisotopic (exact) mass is 418 g/mol. The van der Waals surface area contributed by atoms with E-state index in [1.165, 1.54) is 0 Å². The Morgan fingerprint density at radius 2 is 1.80 bits per heavy atom. The molecule has 4 rings (SSSR count). The van der Waals surface area contributed by atoms with Gasteiger partial charge in [-0.15, -0.1) is 0 Å². The van der Waals surface area contributed by atoms with Gasteiger partial charge in [-0.2, -0.15) is 0 Å². The lowest BCUT2D eigenvalue weighted by Gasteiger charge is -2.19. The molecule has 1 atom stereocenters. The summed E-state index contributed by atoms with van der Waals surface area (Å²) in [6, 6.07) is 22.6. The van der Waals surface area contributed by atoms with Crippen LogP contribution in [0.5, 0.6) is 0 Å². The van der Waals surface area contributed by atoms with Crippen molar-refractivity contribution >= 4 is 34.2 Å². The molecule has 152 valence electrons. The summed E-state index contributed by atoms with van der Waals surface area (Å²) < 4.78 is 2.04. The topological polar surface area (TPSA) is 59.0 Å². The van der Waals surface area contributed by atoms with Gasteiger partial charge in [0.1, 0.15) is 11.9 Å². The van der Waals surface area contributed by atoms with Crippen LogP contribution in [0.3, 0.4) is 0 Å². The van der Waals surface area contributed by atoms with E-state index in [4.69, 9.17) is 16.6 Å². The van der Waals surface area contributed by atoms with E-state index in [9.17, 15) is 4.79 Å². The average Bonchev–Trinajstić information content (AvgIpc) is 3.07. The first-order chi connectivity index (χ1) is 14.5. The number of hydrogen-bond donors (Lipinski definition) is 2. The number of aromatic nitrogens is 2. The van der Waals surface area contributed by atoms with Crippen molar-refractivity contribution in [2.75, 3.05) is 5.32 Å². The molecule has 0 unspecified atom stereocenters. The first-order valence-corrected chi connectivity index (χ1v) is 10.2. The first-order valence-electron chi connectivity index (χ1n) is 9.78. The number of halogens is 1. The number of imidazole rings is 1. The molecule has 4 aromatic rings. The number of benzene rings is 3. The van der Waals surface area contributed by atoms with Gasteiger partial charge in [-0.3, -0.25) is 10.1 Å². The second-order valence-corrected chi connectivity index (χ2v) is 7.66. The molecule has 30 heavy (non-hydrogen) atoms. The Hall–Kier alpha value is -3.15. The number of hydrogen-bond acceptors (Lipinski definition) is 3. The largest absolute Gasteiger partial charge is 0.330 e. The fourth-order valence-electron chi connectivity index (χ4n) is 3.44. The van der Waals surface area contributed by atoms with Crippen LogP contribution in [0.2, 0.25) is 5.02 Å². The zero-order chi connectivity index (χ0) is 21.1. The molecule has 0 aliphatic carbocycles. The van der Waals surface area contributed by atoms with E-state index in [1.54, 1.807) is 6.07 Å². The van der Waals surface area contributed by atoms with Gasteiger partial charge in [-0.05, 0) is 42.3 Å². The van der Waals surface area contributed by atoms with Crippen LogP contribution in [0.1, 0.15) is 23.0 Å². The second-order valence-electron chi connectivity index (χ2n) is 7.25. The molecule has 0 radical (unpaired) electrons. The number of fused-ring (bicyclic) bond motifs is 1. The number of para-hydroxylation sites is 2. The molecule has 6 heteroatoms. The smallest absolute Gasteiger partial charge is 0.246 e. The maximum Gasteiger partial charge on any atom is 0.246 e. The van der Waals surface area contributed by atoms with E-state index in [0.717, 1.165) is 28.0 Å². The number of carbonyl (C=O) groups excluding carboxylic acids is 1. The van der Waals surface area contributed by atoms with Crippen molar-refractivity contribution in [3.05, 3.63) is 94.8 Å². The molecule has 2 N–H and O–H groups in total. The van der Waals surface area contributed by atoms with Gasteiger partial charge in [0.25, 0.3) is 0 Å². The Morgan fingerprint density at radius 3 is 2.53 bits per heavy atom. The van der Waals surface area contributed by atoms with Gasteiger partial charge in [-0.25, -0.2) is 4.98 Å². The predicted octanol–water partition coefficient (Wildman–Crippen LogP) is 5.00. The third-order valence-electron chi connectivity index (χ3n) is 5.18. The summed E-state index contributed by atoms with van der Waals surface area (Å²) >= 11 is 6.21. The van der Waals surface area contributed by atoms with Crippen LogP contribution in [0, 0.1) is 6.92 Å². The van der Waals surface area contributed by atoms with Crippen LogP contribution >= 0.6 is 11.6 Å². The molecule has 0 aliphatic heterocycles. The van der Waals surface area contributed by atoms with Crippen molar-refractivity contribution in [2.24, 2.45) is 7.05 Å². The Bertz CT molecular complexity index is 1190. The lowest BCUT2D eigenvalue weighted by Crippen LogP contribution is -2.33. The van der Waals surface area contributed by atoms with Crippen LogP contribution < -0.4 is 10.6 Å². The molecular weight excluding hydrogens is 396 g/mol. The zero-order valence-corrected chi connectivity index (χ0v) is 17.6. The Balaban J connectivity index is 1.57. The summed E-state index contributed by atoms with van der Waals surface area (Å²) in [4.78, 5) is 17.8. The van der Waals surface area contributed by atoms with Crippen LogP contribution in [-0.4, -0.2) is 15.5 Å². The first kappa shape index (κ1) is 20.1. The molecule has 0 bridgehead atoms. The SMILES string of the molecule is Cc1ccc(NC(=O)[C@H](NCc2nc3ccccc3n2C)c2ccccc2)cc1Cl. The van der Waals surface area contributed by atoms with Crippen molar-refractivity contribution < 1.29 is 4.79 Å². The van der Waals surface area contributed by atoms with Gasteiger partial charge < -0.3 is 9.88 Å². The number of anilines is 1. The van der Waals surface area contributed by atoms with Gasteiger partial charge in [0.05, 0.1) is 17.6 Å². The second kappa shape index (κ2) is 8.69. The molecule has 0 aliphatic rings. The Labute approximate surface area is 180 Å². The van der Waals surface area contributed by atoms with E-state index in [0.29, 0.717) is 17.3 Å². The maximum absolute atomic E-state index is 13.1. The summed E-state index contributed by atoms with van der Waals surface area (Å²) in [6.45, 7) is 2.38. The van der Waals surface area contributed by atoms with Gasteiger partial charge in [0.2, 0.25) is 5.91 Å². The van der Waals surface area contributed by atoms with E-state index in [2.05, 4.69) is 10.6 Å². The minimum atomic E-state index is -0.536. The molecule has 1 amide bonds. The van der Waals surface area contributed by atoms with Gasteiger partial charge in [0.15, 0.2) is 0 Å². The van der Waals surface area contributed by atoms with Crippen molar-refractivity contribution in [3.8, 4) is 0 Å². The van der Waals surface area contributed by atoms with E-state index >= 15 is 0 Å². The zero-order valence-electron chi connectivity index (χ0n) is 16.9. The van der Waals surface area contributed by atoms with E-state index in [-0.39, 0.29) is 5.91 Å². The van der Waals surface area contributed by atoms with Crippen LogP contribution in [-0.2, 0) is 18.4 Å². The van der Waals surface area contributed by atoms with Gasteiger partial charge in [-0.1, -0.05) is 60.1 Å². The highest BCUT2D eigenvalue weighted by atomic mass is 35.5. The van der Waals surface area contributed by atoms with Crippen molar-refractivity contribution in [3.63, 3.8) is 0 Å². The minimum Gasteiger partial charge on any atom is -0.330 e. The fourth-order valence-corrected chi connectivity index (χ4v) is 3.62. The van der Waals surface area contributed by atoms with E-state index in [1.807, 2.05) is 85.3 Å². The minimum absolute atomic E-state index is 0.153. The highest BCUT2D eigenvalue weighted by Gasteiger charge is 2.21. The summed E-state index contributed by atoms with van der Waals surface area (Å²) in [5.41, 5.74) is 4.51. The number of nitrogens with one attached hydrogen (secondary N) is 2. The summed E-state index contributed by atoms with van der Waals surface area (Å²) in [5, 5.41) is 6.97. The van der Waals surface area contributed by atoms with Crippen molar-refractivity contribution in [2.45, 2.75) is 19.5 Å². The summed E-state index contributed by atoms with van der Waals surface area (Å²) in [6.07, 6.45) is 0. The number of amides is 1. The lowest BCUT2D eigenvalue weighted by atomic mass is 10.1. The average molecular weight is 419 g/mol. The molecule has 0 saturated carbocycles. The number of carbonyl (C=O) groups is 1. The molecule has 0 fully saturated rings. The van der Waals surface area contributed by atoms with Crippen molar-refractivity contribution in [1.82, 2.24) is 14.9 Å². The Morgan fingerprint density at radius 1 is 1.07 bits per heavy atom.